The Kier molecular flexibility index (Phi) is 7.77. The van der Waals surface area contributed by atoms with Gasteiger partial charge < -0.3 is 10.2 Å². The molecule has 0 aromatic rings. The van der Waals surface area contributed by atoms with Gasteiger partial charge in [0.1, 0.15) is 0 Å². The van der Waals surface area contributed by atoms with Crippen LogP contribution in [0.25, 0.3) is 0 Å². The second-order valence-corrected chi connectivity index (χ2v) is 6.11. The van der Waals surface area contributed by atoms with Crippen molar-refractivity contribution in [1.82, 2.24) is 10.2 Å². The van der Waals surface area contributed by atoms with Crippen LogP contribution in [0.3, 0.4) is 0 Å². The molecule has 2 rings (SSSR count). The van der Waals surface area contributed by atoms with E-state index >= 15 is 0 Å². The number of nitrogens with zero attached hydrogens (tertiary/aromatic N) is 1. The van der Waals surface area contributed by atoms with Crippen molar-refractivity contribution in [2.45, 2.75) is 51.4 Å². The third-order valence-corrected chi connectivity index (χ3v) is 4.55. The second kappa shape index (κ2) is 8.80. The van der Waals surface area contributed by atoms with Crippen molar-refractivity contribution in [1.29, 1.82) is 0 Å². The SMILES string of the molecule is CNCC1CCCN(C(=O)CC2CCCCC2)C1.Cl. The number of carbonyl (C=O) groups excluding carboxylic acids is 1. The Balaban J connectivity index is 0.00000180. The molecular weight excluding hydrogens is 260 g/mol. The number of amides is 1. The van der Waals surface area contributed by atoms with Crippen LogP contribution in [0.4, 0.5) is 0 Å². The van der Waals surface area contributed by atoms with Gasteiger partial charge in [0.05, 0.1) is 0 Å². The number of nitrogens with one attached hydrogen (secondary N) is 1. The van der Waals surface area contributed by atoms with Crippen LogP contribution < -0.4 is 5.32 Å². The quantitative estimate of drug-likeness (QED) is 0.863. The van der Waals surface area contributed by atoms with Crippen LogP contribution in [-0.2, 0) is 4.79 Å². The molecule has 19 heavy (non-hydrogen) atoms. The Morgan fingerprint density at radius 3 is 2.47 bits per heavy atom. The highest BCUT2D eigenvalue weighted by Gasteiger charge is 2.25. The van der Waals surface area contributed by atoms with Crippen molar-refractivity contribution >= 4 is 18.3 Å². The zero-order chi connectivity index (χ0) is 12.8. The number of hydrogen-bond acceptors (Lipinski definition) is 2. The van der Waals surface area contributed by atoms with Crippen molar-refractivity contribution in [2.24, 2.45) is 11.8 Å². The lowest BCUT2D eigenvalue weighted by atomic mass is 9.86. The molecule has 1 amide bonds. The van der Waals surface area contributed by atoms with Crippen LogP contribution in [0.1, 0.15) is 51.4 Å². The summed E-state index contributed by atoms with van der Waals surface area (Å²) in [4.78, 5) is 14.4. The third-order valence-electron chi connectivity index (χ3n) is 4.55. The monoisotopic (exact) mass is 288 g/mol. The van der Waals surface area contributed by atoms with E-state index in [0.29, 0.717) is 17.7 Å². The Morgan fingerprint density at radius 2 is 1.79 bits per heavy atom. The maximum atomic E-state index is 12.3. The van der Waals surface area contributed by atoms with E-state index in [-0.39, 0.29) is 12.4 Å². The molecule has 1 aliphatic heterocycles. The summed E-state index contributed by atoms with van der Waals surface area (Å²) in [6.45, 7) is 3.02. The molecule has 1 N–H and O–H groups in total. The summed E-state index contributed by atoms with van der Waals surface area (Å²) in [7, 11) is 2.00. The van der Waals surface area contributed by atoms with Gasteiger partial charge >= 0.3 is 0 Å². The molecule has 1 saturated carbocycles. The highest BCUT2D eigenvalue weighted by atomic mass is 35.5. The van der Waals surface area contributed by atoms with Crippen molar-refractivity contribution in [2.75, 3.05) is 26.7 Å². The molecule has 0 bridgehead atoms. The summed E-state index contributed by atoms with van der Waals surface area (Å²) in [6, 6.07) is 0. The molecule has 0 aromatic heterocycles. The van der Waals surface area contributed by atoms with Crippen molar-refractivity contribution < 1.29 is 4.79 Å². The second-order valence-electron chi connectivity index (χ2n) is 6.11. The number of carbonyl (C=O) groups is 1. The number of hydrogen-bond donors (Lipinski definition) is 1. The third kappa shape index (κ3) is 5.31. The maximum Gasteiger partial charge on any atom is 0.222 e. The Bertz CT molecular complexity index is 265. The maximum absolute atomic E-state index is 12.3. The fourth-order valence-corrected chi connectivity index (χ4v) is 3.51. The summed E-state index contributed by atoms with van der Waals surface area (Å²) < 4.78 is 0. The molecule has 1 saturated heterocycles. The first-order chi connectivity index (χ1) is 8.79. The number of rotatable bonds is 4. The van der Waals surface area contributed by atoms with Crippen LogP contribution in [-0.4, -0.2) is 37.5 Å². The first-order valence-corrected chi connectivity index (χ1v) is 7.72. The molecule has 3 nitrogen and oxygen atoms in total. The van der Waals surface area contributed by atoms with Gasteiger partial charge in [-0.25, -0.2) is 0 Å². The van der Waals surface area contributed by atoms with Crippen LogP contribution in [0.2, 0.25) is 0 Å². The predicted octanol–water partition coefficient (Wildman–Crippen LogP) is 2.84. The normalized spacial score (nSPS) is 24.9. The molecular formula is C15H29ClN2O. The molecule has 2 aliphatic rings. The predicted molar refractivity (Wildman–Crippen MR) is 81.7 cm³/mol. The zero-order valence-corrected chi connectivity index (χ0v) is 13.0. The highest BCUT2D eigenvalue weighted by Crippen LogP contribution is 2.27. The molecule has 0 radical (unpaired) electrons. The van der Waals surface area contributed by atoms with Crippen molar-refractivity contribution in [3.05, 3.63) is 0 Å². The largest absolute Gasteiger partial charge is 0.342 e. The van der Waals surface area contributed by atoms with Gasteiger partial charge in [-0.1, -0.05) is 19.3 Å². The van der Waals surface area contributed by atoms with Gasteiger partial charge in [0.15, 0.2) is 0 Å². The average Bonchev–Trinajstić information content (AvgIpc) is 2.40. The lowest BCUT2D eigenvalue weighted by Gasteiger charge is -2.34. The minimum atomic E-state index is 0. The minimum Gasteiger partial charge on any atom is -0.342 e. The Labute approximate surface area is 123 Å². The van der Waals surface area contributed by atoms with E-state index in [4.69, 9.17) is 0 Å². The lowest BCUT2D eigenvalue weighted by molar-refractivity contribution is -0.134. The smallest absolute Gasteiger partial charge is 0.222 e. The van der Waals surface area contributed by atoms with E-state index in [2.05, 4.69) is 10.2 Å². The van der Waals surface area contributed by atoms with Crippen LogP contribution in [0, 0.1) is 11.8 Å². The Morgan fingerprint density at radius 1 is 1.11 bits per heavy atom. The van der Waals surface area contributed by atoms with Crippen molar-refractivity contribution in [3.8, 4) is 0 Å². The average molecular weight is 289 g/mol. The summed E-state index contributed by atoms with van der Waals surface area (Å²) in [5.41, 5.74) is 0. The van der Waals surface area contributed by atoms with Gasteiger partial charge in [0, 0.05) is 19.5 Å². The van der Waals surface area contributed by atoms with Crippen molar-refractivity contribution in [3.63, 3.8) is 0 Å². The molecule has 1 atom stereocenters. The number of likely N-dealkylation sites (tertiary alicyclic amines) is 1. The van der Waals surface area contributed by atoms with E-state index in [1.54, 1.807) is 0 Å². The van der Waals surface area contributed by atoms with Gasteiger partial charge in [0.25, 0.3) is 0 Å². The summed E-state index contributed by atoms with van der Waals surface area (Å²) in [6.07, 6.45) is 9.86. The highest BCUT2D eigenvalue weighted by molar-refractivity contribution is 5.85. The first-order valence-electron chi connectivity index (χ1n) is 7.72. The standard InChI is InChI=1S/C15H28N2O.ClH/c1-16-11-14-8-5-9-17(12-14)15(18)10-13-6-3-2-4-7-13;/h13-14,16H,2-12H2,1H3;1H. The Hall–Kier alpha value is -0.280. The summed E-state index contributed by atoms with van der Waals surface area (Å²) in [5, 5.41) is 3.24. The van der Waals surface area contributed by atoms with E-state index in [1.165, 1.54) is 44.9 Å². The molecule has 1 aliphatic carbocycles. The van der Waals surface area contributed by atoms with E-state index in [0.717, 1.165) is 26.1 Å². The van der Waals surface area contributed by atoms with E-state index < -0.39 is 0 Å². The molecule has 0 aromatic carbocycles. The molecule has 1 unspecified atom stereocenters. The van der Waals surface area contributed by atoms with Gasteiger partial charge in [-0.05, 0) is 51.1 Å². The molecule has 112 valence electrons. The van der Waals surface area contributed by atoms with Crippen LogP contribution in [0.15, 0.2) is 0 Å². The lowest BCUT2D eigenvalue weighted by Crippen LogP contribution is -2.43. The number of halogens is 1. The summed E-state index contributed by atoms with van der Waals surface area (Å²) in [5.74, 6) is 1.76. The topological polar surface area (TPSA) is 32.3 Å². The molecule has 0 spiro atoms. The van der Waals surface area contributed by atoms with Gasteiger partial charge in [-0.15, -0.1) is 12.4 Å². The molecule has 1 heterocycles. The zero-order valence-electron chi connectivity index (χ0n) is 12.2. The molecule has 2 fully saturated rings. The van der Waals surface area contributed by atoms with Gasteiger partial charge in [-0.3, -0.25) is 4.79 Å². The number of piperidine rings is 1. The fourth-order valence-electron chi connectivity index (χ4n) is 3.51. The minimum absolute atomic E-state index is 0. The van der Waals surface area contributed by atoms with Gasteiger partial charge in [-0.2, -0.15) is 0 Å². The van der Waals surface area contributed by atoms with E-state index in [9.17, 15) is 4.79 Å². The fraction of sp³-hybridized carbons (Fsp3) is 0.933. The van der Waals surface area contributed by atoms with Crippen LogP contribution >= 0.6 is 12.4 Å². The summed E-state index contributed by atoms with van der Waals surface area (Å²) >= 11 is 0. The molecule has 4 heteroatoms. The van der Waals surface area contributed by atoms with Crippen LogP contribution in [0.5, 0.6) is 0 Å². The van der Waals surface area contributed by atoms with Gasteiger partial charge in [0.2, 0.25) is 5.91 Å². The first kappa shape index (κ1) is 16.8. The van der Waals surface area contributed by atoms with E-state index in [1.807, 2.05) is 7.05 Å².